The highest BCUT2D eigenvalue weighted by Crippen LogP contribution is 2.24. The zero-order valence-electron chi connectivity index (χ0n) is 11.8. The van der Waals surface area contributed by atoms with Crippen LogP contribution in [0.2, 0.25) is 0 Å². The second-order valence-corrected chi connectivity index (χ2v) is 7.05. The molecule has 0 saturated carbocycles. The summed E-state index contributed by atoms with van der Waals surface area (Å²) in [6, 6.07) is 7.78. The van der Waals surface area contributed by atoms with E-state index in [1.165, 1.54) is 10.0 Å². The van der Waals surface area contributed by atoms with Gasteiger partial charge in [-0.2, -0.15) is 0 Å². The van der Waals surface area contributed by atoms with Crippen LogP contribution in [0.4, 0.5) is 5.69 Å². The third-order valence-electron chi connectivity index (χ3n) is 3.75. The normalized spacial score (nSPS) is 16.3. The van der Waals surface area contributed by atoms with Gasteiger partial charge in [0.25, 0.3) is 0 Å². The molecule has 1 aromatic carbocycles. The van der Waals surface area contributed by atoms with Gasteiger partial charge in [0.05, 0.1) is 11.3 Å². The Balaban J connectivity index is 1.99. The zero-order chi connectivity index (χ0) is 14.9. The summed E-state index contributed by atoms with van der Waals surface area (Å²) in [4.78, 5) is 2.31. The maximum Gasteiger partial charge on any atom is 0.242 e. The van der Waals surface area contributed by atoms with Crippen molar-refractivity contribution < 1.29 is 8.42 Å². The van der Waals surface area contributed by atoms with Crippen LogP contribution in [0.5, 0.6) is 0 Å². The van der Waals surface area contributed by atoms with Crippen molar-refractivity contribution in [1.82, 2.24) is 9.29 Å². The van der Waals surface area contributed by atoms with Crippen molar-refractivity contribution >= 4 is 26.6 Å². The summed E-state index contributed by atoms with van der Waals surface area (Å²) in [5, 5.41) is 4.27. The summed E-state index contributed by atoms with van der Waals surface area (Å²) in [6.07, 6.45) is 3.03. The Kier molecular flexibility index (Phi) is 3.73. The predicted octanol–water partition coefficient (Wildman–Crippen LogP) is 1.41. The number of anilines is 1. The molecule has 112 valence electrons. The number of hydrogen-bond acceptors (Lipinski definition) is 4. The van der Waals surface area contributed by atoms with Crippen molar-refractivity contribution in [3.63, 3.8) is 0 Å². The molecule has 0 spiro atoms. The minimum atomic E-state index is -3.36. The van der Waals surface area contributed by atoms with Crippen molar-refractivity contribution in [2.75, 3.05) is 36.8 Å². The summed E-state index contributed by atoms with van der Waals surface area (Å²) < 4.78 is 25.7. The van der Waals surface area contributed by atoms with E-state index in [4.69, 9.17) is 0 Å². The lowest BCUT2D eigenvalue weighted by Crippen LogP contribution is -2.43. The van der Waals surface area contributed by atoms with Gasteiger partial charge in [0.1, 0.15) is 0 Å². The first kappa shape index (κ1) is 14.2. The van der Waals surface area contributed by atoms with Crippen LogP contribution in [0.15, 0.2) is 43.1 Å². The quantitative estimate of drug-likeness (QED) is 0.868. The molecule has 0 aliphatic carbocycles. The van der Waals surface area contributed by atoms with E-state index in [-0.39, 0.29) is 5.75 Å². The van der Waals surface area contributed by atoms with Gasteiger partial charge in [-0.3, -0.25) is 0 Å². The molecular formula is C15H19N3O2S. The Morgan fingerprint density at radius 1 is 1.24 bits per heavy atom. The Bertz CT molecular complexity index is 758. The highest BCUT2D eigenvalue weighted by Gasteiger charge is 2.16. The van der Waals surface area contributed by atoms with Gasteiger partial charge >= 0.3 is 0 Å². The number of rotatable bonds is 4. The van der Waals surface area contributed by atoms with Crippen LogP contribution in [0.3, 0.4) is 0 Å². The van der Waals surface area contributed by atoms with Crippen molar-refractivity contribution in [3.05, 3.63) is 43.1 Å². The average molecular weight is 305 g/mol. The number of nitrogens with one attached hydrogen (secondary N) is 1. The van der Waals surface area contributed by atoms with E-state index < -0.39 is 10.0 Å². The lowest BCUT2D eigenvalue weighted by molar-refractivity contribution is 0.589. The van der Waals surface area contributed by atoms with Crippen LogP contribution in [0.25, 0.3) is 10.9 Å². The summed E-state index contributed by atoms with van der Waals surface area (Å²) >= 11 is 0. The fourth-order valence-corrected chi connectivity index (χ4v) is 3.87. The summed E-state index contributed by atoms with van der Waals surface area (Å²) in [5.41, 5.74) is 1.86. The van der Waals surface area contributed by atoms with E-state index in [1.54, 1.807) is 6.20 Å². The number of nitrogens with zero attached hydrogens (tertiary/aromatic N) is 2. The number of fused-ring (bicyclic) bond motifs is 1. The van der Waals surface area contributed by atoms with E-state index in [9.17, 15) is 8.42 Å². The van der Waals surface area contributed by atoms with Crippen molar-refractivity contribution in [3.8, 4) is 0 Å². The van der Waals surface area contributed by atoms with Gasteiger partial charge in [0.2, 0.25) is 10.0 Å². The number of piperazine rings is 1. The average Bonchev–Trinajstić information content (AvgIpc) is 2.92. The van der Waals surface area contributed by atoms with E-state index in [1.807, 2.05) is 18.2 Å². The van der Waals surface area contributed by atoms with Gasteiger partial charge in [-0.15, -0.1) is 6.58 Å². The molecule has 6 heteroatoms. The minimum absolute atomic E-state index is 0.0592. The smallest absolute Gasteiger partial charge is 0.242 e. The van der Waals surface area contributed by atoms with E-state index >= 15 is 0 Å². The molecule has 0 radical (unpaired) electrons. The molecule has 1 N–H and O–H groups in total. The third kappa shape index (κ3) is 2.69. The zero-order valence-corrected chi connectivity index (χ0v) is 12.6. The maximum atomic E-state index is 12.2. The standard InChI is InChI=1S/C15H19N3O2S/c1-2-11-21(19,20)18-8-5-13-12-14(3-4-15(13)18)17-9-6-16-7-10-17/h2-5,8,12,16H,1,6-7,9-11H2. The molecule has 0 amide bonds. The summed E-state index contributed by atoms with van der Waals surface area (Å²) in [6.45, 7) is 7.41. The van der Waals surface area contributed by atoms with Crippen LogP contribution < -0.4 is 10.2 Å². The summed E-state index contributed by atoms with van der Waals surface area (Å²) in [5.74, 6) is -0.0592. The molecule has 1 aliphatic rings. The molecule has 3 rings (SSSR count). The lowest BCUT2D eigenvalue weighted by Gasteiger charge is -2.29. The minimum Gasteiger partial charge on any atom is -0.369 e. The maximum absolute atomic E-state index is 12.2. The lowest BCUT2D eigenvalue weighted by atomic mass is 10.2. The molecule has 0 atom stereocenters. The molecule has 5 nitrogen and oxygen atoms in total. The molecule has 21 heavy (non-hydrogen) atoms. The van der Waals surface area contributed by atoms with Crippen LogP contribution in [0.1, 0.15) is 0 Å². The van der Waals surface area contributed by atoms with Crippen LogP contribution in [-0.2, 0) is 10.0 Å². The Morgan fingerprint density at radius 3 is 2.71 bits per heavy atom. The molecule has 1 aromatic heterocycles. The van der Waals surface area contributed by atoms with Crippen molar-refractivity contribution in [2.45, 2.75) is 0 Å². The molecule has 1 aliphatic heterocycles. The first-order valence-corrected chi connectivity index (χ1v) is 8.64. The van der Waals surface area contributed by atoms with Gasteiger partial charge in [-0.1, -0.05) is 6.08 Å². The van der Waals surface area contributed by atoms with Crippen molar-refractivity contribution in [2.24, 2.45) is 0 Å². The van der Waals surface area contributed by atoms with Gasteiger partial charge in [-0.05, 0) is 24.3 Å². The Morgan fingerprint density at radius 2 is 2.00 bits per heavy atom. The second-order valence-electron chi connectivity index (χ2n) is 5.16. The van der Waals surface area contributed by atoms with Gasteiger partial charge in [-0.25, -0.2) is 12.4 Å². The monoisotopic (exact) mass is 305 g/mol. The first-order valence-electron chi connectivity index (χ1n) is 7.03. The van der Waals surface area contributed by atoms with Gasteiger partial charge < -0.3 is 10.2 Å². The van der Waals surface area contributed by atoms with E-state index in [0.717, 1.165) is 42.8 Å². The molecular weight excluding hydrogens is 286 g/mol. The van der Waals surface area contributed by atoms with E-state index in [0.29, 0.717) is 0 Å². The molecule has 2 heterocycles. The largest absolute Gasteiger partial charge is 0.369 e. The van der Waals surface area contributed by atoms with Crippen LogP contribution in [0, 0.1) is 0 Å². The topological polar surface area (TPSA) is 54.3 Å². The highest BCUT2D eigenvalue weighted by atomic mass is 32.2. The molecule has 0 bridgehead atoms. The molecule has 0 unspecified atom stereocenters. The molecule has 1 saturated heterocycles. The number of benzene rings is 1. The van der Waals surface area contributed by atoms with Crippen LogP contribution >= 0.6 is 0 Å². The van der Waals surface area contributed by atoms with Gasteiger partial charge in [0.15, 0.2) is 0 Å². The van der Waals surface area contributed by atoms with E-state index in [2.05, 4.69) is 22.9 Å². The SMILES string of the molecule is C=CCS(=O)(=O)n1ccc2cc(N3CCNCC3)ccc21. The number of aromatic nitrogens is 1. The molecule has 2 aromatic rings. The van der Waals surface area contributed by atoms with Crippen molar-refractivity contribution in [1.29, 1.82) is 0 Å². The summed E-state index contributed by atoms with van der Waals surface area (Å²) in [7, 11) is -3.36. The Hall–Kier alpha value is -1.79. The van der Waals surface area contributed by atoms with Gasteiger partial charge in [0, 0.05) is 43.4 Å². The highest BCUT2D eigenvalue weighted by molar-refractivity contribution is 7.90. The Labute approximate surface area is 124 Å². The third-order valence-corrected chi connectivity index (χ3v) is 5.32. The number of hydrogen-bond donors (Lipinski definition) is 1. The predicted molar refractivity (Wildman–Crippen MR) is 86.4 cm³/mol. The fourth-order valence-electron chi connectivity index (χ4n) is 2.70. The second kappa shape index (κ2) is 5.54. The molecule has 1 fully saturated rings. The fraction of sp³-hybridized carbons (Fsp3) is 0.333. The van der Waals surface area contributed by atoms with Crippen LogP contribution in [-0.4, -0.2) is 44.3 Å². The first-order chi connectivity index (χ1) is 10.1.